The third kappa shape index (κ3) is 2.94. The van der Waals surface area contributed by atoms with Crippen molar-refractivity contribution in [2.24, 2.45) is 22.8 Å². The molecule has 1 fully saturated rings. The third-order valence-electron chi connectivity index (χ3n) is 7.47. The van der Waals surface area contributed by atoms with Crippen LogP contribution in [0.1, 0.15) is 70.1 Å². The first-order valence-corrected chi connectivity index (χ1v) is 11.2. The molecule has 0 bridgehead atoms. The van der Waals surface area contributed by atoms with Crippen LogP contribution in [0.15, 0.2) is 29.9 Å². The number of fused-ring (bicyclic) bond motifs is 3. The molecule has 1 aromatic carbocycles. The molecule has 4 rings (SSSR count). The molecule has 0 amide bonds. The van der Waals surface area contributed by atoms with Crippen molar-refractivity contribution in [2.45, 2.75) is 71.5 Å². The van der Waals surface area contributed by atoms with Crippen molar-refractivity contribution in [2.75, 3.05) is 6.61 Å². The highest BCUT2D eigenvalue weighted by Gasteiger charge is 2.64. The summed E-state index contributed by atoms with van der Waals surface area (Å²) in [6.07, 6.45) is 7.33. The molecule has 1 heterocycles. The molecule has 0 aromatic heterocycles. The normalized spacial score (nSPS) is 32.2. The summed E-state index contributed by atoms with van der Waals surface area (Å²) in [5, 5.41) is 3.54. The quantitative estimate of drug-likeness (QED) is 0.620. The lowest BCUT2D eigenvalue weighted by molar-refractivity contribution is -0.111. The van der Waals surface area contributed by atoms with E-state index in [1.54, 1.807) is 6.08 Å². The van der Waals surface area contributed by atoms with Crippen LogP contribution < -0.4 is 21.5 Å². The Balaban J connectivity index is 1.86. The smallest absolute Gasteiger partial charge is 0.184 e. The van der Waals surface area contributed by atoms with Crippen molar-refractivity contribution >= 4 is 11.5 Å². The minimum atomic E-state index is -0.863. The Hall–Kier alpha value is -2.11. The molecule has 5 N–H and O–H groups in total. The second-order valence-corrected chi connectivity index (χ2v) is 9.86. The second-order valence-electron chi connectivity index (χ2n) is 9.86. The number of carbonyl (C=O) groups excluding carboxylic acids is 1. The van der Waals surface area contributed by atoms with Gasteiger partial charge >= 0.3 is 0 Å². The summed E-state index contributed by atoms with van der Waals surface area (Å²) in [7, 11) is 0. The first-order valence-electron chi connectivity index (χ1n) is 11.2. The Morgan fingerprint density at radius 2 is 2.00 bits per heavy atom. The van der Waals surface area contributed by atoms with E-state index in [-0.39, 0.29) is 11.2 Å². The Labute approximate surface area is 179 Å². The number of allylic oxidation sites excluding steroid dienone is 3. The fourth-order valence-corrected chi connectivity index (χ4v) is 5.16. The summed E-state index contributed by atoms with van der Waals surface area (Å²) in [6, 6.07) is 4.15. The molecule has 1 saturated carbocycles. The second kappa shape index (κ2) is 6.96. The van der Waals surface area contributed by atoms with Gasteiger partial charge in [-0.1, -0.05) is 33.8 Å². The molecule has 30 heavy (non-hydrogen) atoms. The maximum atomic E-state index is 12.9. The van der Waals surface area contributed by atoms with Crippen LogP contribution in [-0.4, -0.2) is 18.1 Å². The Kier molecular flexibility index (Phi) is 4.90. The number of benzene rings is 1. The first-order chi connectivity index (χ1) is 14.1. The summed E-state index contributed by atoms with van der Waals surface area (Å²) in [4.78, 5) is 12.9. The molecule has 0 radical (unpaired) electrons. The fraction of sp³-hybridized carbons (Fsp3) is 0.560. The van der Waals surface area contributed by atoms with Gasteiger partial charge in [0.1, 0.15) is 11.4 Å². The number of nitrogens with two attached hydrogens (primary N) is 2. The maximum Gasteiger partial charge on any atom is 0.184 e. The summed E-state index contributed by atoms with van der Waals surface area (Å²) < 4.78 is 6.01. The van der Waals surface area contributed by atoms with E-state index in [0.717, 1.165) is 59.4 Å². The molecule has 5 heteroatoms. The molecule has 0 saturated heterocycles. The van der Waals surface area contributed by atoms with E-state index in [9.17, 15) is 4.79 Å². The molecular weight excluding hydrogens is 374 g/mol. The SMILES string of the molecule is CCCOc1cc2c(cc1C)/C(=C/C(=O)C1=CC1CC)NC1(N)C(C)(C)CCC21N. The minimum absolute atomic E-state index is 0.0585. The van der Waals surface area contributed by atoms with E-state index in [1.165, 1.54) is 0 Å². The van der Waals surface area contributed by atoms with Crippen molar-refractivity contribution < 1.29 is 9.53 Å². The van der Waals surface area contributed by atoms with Gasteiger partial charge in [0.25, 0.3) is 0 Å². The highest BCUT2D eigenvalue weighted by molar-refractivity contribution is 6.11. The van der Waals surface area contributed by atoms with Crippen molar-refractivity contribution in [1.82, 2.24) is 5.32 Å². The van der Waals surface area contributed by atoms with Gasteiger partial charge in [0.2, 0.25) is 0 Å². The lowest BCUT2D eigenvalue weighted by Crippen LogP contribution is -2.74. The van der Waals surface area contributed by atoms with Gasteiger partial charge in [-0.05, 0) is 55.9 Å². The van der Waals surface area contributed by atoms with Crippen LogP contribution in [0.2, 0.25) is 0 Å². The van der Waals surface area contributed by atoms with E-state index in [2.05, 4.69) is 45.1 Å². The number of ketones is 1. The van der Waals surface area contributed by atoms with Gasteiger partial charge in [-0.2, -0.15) is 0 Å². The number of nitrogens with one attached hydrogen (secondary N) is 1. The van der Waals surface area contributed by atoms with Gasteiger partial charge in [0.05, 0.1) is 12.1 Å². The standard InChI is InChI=1S/C25H35N3O2/c1-6-10-30-22-13-19-18(11-15(22)3)20(14-21(29)17-12-16(17)7-2)28-25(27)23(4,5)8-9-24(19,25)26/h11-14,16,28H,6-10,26-27H2,1-5H3/b20-14-. The van der Waals surface area contributed by atoms with Gasteiger partial charge in [-0.25, -0.2) is 0 Å². The van der Waals surface area contributed by atoms with Crippen LogP contribution in [0.3, 0.4) is 0 Å². The zero-order valence-corrected chi connectivity index (χ0v) is 18.9. The highest BCUT2D eigenvalue weighted by atomic mass is 16.5. The van der Waals surface area contributed by atoms with Gasteiger partial charge in [0, 0.05) is 34.2 Å². The number of carbonyl (C=O) groups is 1. The van der Waals surface area contributed by atoms with Gasteiger partial charge in [0.15, 0.2) is 5.78 Å². The zero-order valence-electron chi connectivity index (χ0n) is 18.9. The Bertz CT molecular complexity index is 961. The van der Waals surface area contributed by atoms with E-state index in [1.807, 2.05) is 13.0 Å². The average Bonchev–Trinajstić information content (AvgIpc) is 3.46. The number of rotatable bonds is 6. The van der Waals surface area contributed by atoms with Crippen LogP contribution in [0, 0.1) is 18.3 Å². The van der Waals surface area contributed by atoms with E-state index >= 15 is 0 Å². The number of hydrogen-bond donors (Lipinski definition) is 3. The zero-order chi connectivity index (χ0) is 21.9. The largest absolute Gasteiger partial charge is 0.493 e. The van der Waals surface area contributed by atoms with Crippen LogP contribution in [-0.2, 0) is 10.3 Å². The Morgan fingerprint density at radius 3 is 2.63 bits per heavy atom. The van der Waals surface area contributed by atoms with Crippen molar-refractivity contribution in [3.8, 4) is 5.75 Å². The van der Waals surface area contributed by atoms with E-state index < -0.39 is 11.2 Å². The lowest BCUT2D eigenvalue weighted by Gasteiger charge is -2.53. The summed E-state index contributed by atoms with van der Waals surface area (Å²) in [5.41, 5.74) is 16.9. The lowest BCUT2D eigenvalue weighted by atomic mass is 9.68. The molecule has 162 valence electrons. The number of aryl methyl sites for hydroxylation is 1. The molecule has 3 unspecified atom stereocenters. The topological polar surface area (TPSA) is 90.4 Å². The van der Waals surface area contributed by atoms with Gasteiger partial charge in [-0.3, -0.25) is 4.79 Å². The molecule has 1 aliphatic heterocycles. The molecule has 3 atom stereocenters. The van der Waals surface area contributed by atoms with Crippen molar-refractivity contribution in [3.05, 3.63) is 46.5 Å². The number of hydrogen-bond acceptors (Lipinski definition) is 5. The predicted octanol–water partition coefficient (Wildman–Crippen LogP) is 3.89. The first kappa shape index (κ1) is 21.1. The molecule has 0 spiro atoms. The number of ether oxygens (including phenoxy) is 1. The summed E-state index contributed by atoms with van der Waals surface area (Å²) in [6.45, 7) is 11.2. The maximum absolute atomic E-state index is 12.9. The minimum Gasteiger partial charge on any atom is -0.493 e. The van der Waals surface area contributed by atoms with Gasteiger partial charge < -0.3 is 21.5 Å². The third-order valence-corrected chi connectivity index (χ3v) is 7.47. The highest BCUT2D eigenvalue weighted by Crippen LogP contribution is 2.57. The molecule has 5 nitrogen and oxygen atoms in total. The van der Waals surface area contributed by atoms with Crippen LogP contribution in [0.4, 0.5) is 0 Å². The van der Waals surface area contributed by atoms with Crippen LogP contribution in [0.5, 0.6) is 5.75 Å². The summed E-state index contributed by atoms with van der Waals surface area (Å²) in [5.74, 6) is 1.21. The van der Waals surface area contributed by atoms with Crippen LogP contribution in [0.25, 0.3) is 5.70 Å². The van der Waals surface area contributed by atoms with Gasteiger partial charge in [-0.15, -0.1) is 0 Å². The molecule has 2 aliphatic carbocycles. The average molecular weight is 410 g/mol. The van der Waals surface area contributed by atoms with Crippen LogP contribution >= 0.6 is 0 Å². The van der Waals surface area contributed by atoms with Crippen molar-refractivity contribution in [3.63, 3.8) is 0 Å². The molecule has 3 aliphatic rings. The monoisotopic (exact) mass is 409 g/mol. The van der Waals surface area contributed by atoms with Crippen molar-refractivity contribution in [1.29, 1.82) is 0 Å². The summed E-state index contributed by atoms with van der Waals surface area (Å²) >= 11 is 0. The predicted molar refractivity (Wildman–Crippen MR) is 121 cm³/mol. The molecular formula is C25H35N3O2. The fourth-order valence-electron chi connectivity index (χ4n) is 5.16. The van der Waals surface area contributed by atoms with E-state index in [4.69, 9.17) is 16.2 Å². The van der Waals surface area contributed by atoms with E-state index in [0.29, 0.717) is 12.5 Å². The molecule has 1 aromatic rings. The Morgan fingerprint density at radius 1 is 1.27 bits per heavy atom.